The van der Waals surface area contributed by atoms with Crippen LogP contribution in [0, 0.1) is 0 Å². The molecule has 0 heterocycles. The summed E-state index contributed by atoms with van der Waals surface area (Å²) in [5.74, 6) is -0.235. The molecule has 0 aliphatic heterocycles. The predicted molar refractivity (Wildman–Crippen MR) is 75.6 cm³/mol. The maximum Gasteiger partial charge on any atom is 0.416 e. The molecule has 0 saturated carbocycles. The first-order chi connectivity index (χ1) is 10.4. The Balaban J connectivity index is 1.99. The lowest BCUT2D eigenvalue weighted by molar-refractivity contribution is -0.137. The molecular formula is C17H11F3O2. The molecule has 5 heteroatoms. The second kappa shape index (κ2) is 5.02. The number of phenols is 1. The van der Waals surface area contributed by atoms with Crippen molar-refractivity contribution in [2.24, 2.45) is 0 Å². The number of benzene rings is 2. The Morgan fingerprint density at radius 1 is 1.09 bits per heavy atom. The van der Waals surface area contributed by atoms with Crippen molar-refractivity contribution >= 4 is 11.9 Å². The predicted octanol–water partition coefficient (Wildman–Crippen LogP) is 4.23. The van der Waals surface area contributed by atoms with E-state index in [9.17, 15) is 23.1 Å². The molecule has 112 valence electrons. The van der Waals surface area contributed by atoms with Crippen LogP contribution in [0.25, 0.3) is 6.08 Å². The van der Waals surface area contributed by atoms with E-state index in [1.54, 1.807) is 12.1 Å². The Labute approximate surface area is 124 Å². The minimum absolute atomic E-state index is 0.0262. The van der Waals surface area contributed by atoms with Gasteiger partial charge in [0, 0.05) is 23.1 Å². The fourth-order valence-corrected chi connectivity index (χ4v) is 2.54. The number of carbonyl (C=O) groups excluding carboxylic acids is 1. The van der Waals surface area contributed by atoms with E-state index in [1.807, 2.05) is 0 Å². The van der Waals surface area contributed by atoms with Gasteiger partial charge >= 0.3 is 6.18 Å². The van der Waals surface area contributed by atoms with E-state index in [1.165, 1.54) is 24.3 Å². The van der Waals surface area contributed by atoms with E-state index < -0.39 is 11.7 Å². The van der Waals surface area contributed by atoms with Crippen LogP contribution in [0.15, 0.2) is 48.0 Å². The summed E-state index contributed by atoms with van der Waals surface area (Å²) >= 11 is 0. The van der Waals surface area contributed by atoms with E-state index in [2.05, 4.69) is 0 Å². The monoisotopic (exact) mass is 304 g/mol. The van der Waals surface area contributed by atoms with Crippen LogP contribution < -0.4 is 0 Å². The lowest BCUT2D eigenvalue weighted by Gasteiger charge is -2.07. The molecular weight excluding hydrogens is 293 g/mol. The van der Waals surface area contributed by atoms with Crippen LogP contribution in [0.3, 0.4) is 0 Å². The molecule has 2 aromatic carbocycles. The molecule has 0 atom stereocenters. The molecule has 0 spiro atoms. The third-order valence-corrected chi connectivity index (χ3v) is 3.61. The summed E-state index contributed by atoms with van der Waals surface area (Å²) in [6.45, 7) is 0. The van der Waals surface area contributed by atoms with Crippen LogP contribution in [0.1, 0.15) is 27.0 Å². The highest BCUT2D eigenvalue weighted by molar-refractivity contribution is 6.16. The van der Waals surface area contributed by atoms with Gasteiger partial charge in [0.25, 0.3) is 0 Å². The highest BCUT2D eigenvalue weighted by atomic mass is 19.4. The summed E-state index contributed by atoms with van der Waals surface area (Å²) in [6.07, 6.45) is -2.76. The quantitative estimate of drug-likeness (QED) is 0.800. The van der Waals surface area contributed by atoms with Gasteiger partial charge in [-0.05, 0) is 29.8 Å². The molecule has 2 aromatic rings. The average Bonchev–Trinajstić information content (AvgIpc) is 2.77. The van der Waals surface area contributed by atoms with Gasteiger partial charge in [-0.15, -0.1) is 0 Å². The molecule has 0 unspecified atom stereocenters. The van der Waals surface area contributed by atoms with Crippen molar-refractivity contribution in [3.8, 4) is 5.75 Å². The molecule has 1 aliphatic rings. The fraction of sp³-hybridized carbons (Fsp3) is 0.118. The molecule has 1 aliphatic carbocycles. The Hall–Kier alpha value is -2.56. The van der Waals surface area contributed by atoms with Crippen molar-refractivity contribution < 1.29 is 23.1 Å². The third-order valence-electron chi connectivity index (χ3n) is 3.61. The van der Waals surface area contributed by atoms with Crippen molar-refractivity contribution in [2.45, 2.75) is 12.6 Å². The molecule has 0 aromatic heterocycles. The fourth-order valence-electron chi connectivity index (χ4n) is 2.54. The highest BCUT2D eigenvalue weighted by Gasteiger charge is 2.31. The summed E-state index contributed by atoms with van der Waals surface area (Å²) in [5, 5.41) is 9.76. The summed E-state index contributed by atoms with van der Waals surface area (Å²) in [6, 6.07) is 9.46. The van der Waals surface area contributed by atoms with Crippen molar-refractivity contribution in [1.29, 1.82) is 0 Å². The second-order valence-electron chi connectivity index (χ2n) is 5.10. The van der Waals surface area contributed by atoms with Crippen molar-refractivity contribution in [3.05, 3.63) is 70.3 Å². The SMILES string of the molecule is O=C1/C(=C/c2cccc(C(F)(F)F)c2)Cc2c(O)cccc21. The summed E-state index contributed by atoms with van der Waals surface area (Å²) < 4.78 is 38.1. The number of allylic oxidation sites excluding steroid dienone is 1. The maximum absolute atomic E-state index is 12.7. The molecule has 2 nitrogen and oxygen atoms in total. The number of carbonyl (C=O) groups is 1. The topological polar surface area (TPSA) is 37.3 Å². The van der Waals surface area contributed by atoms with Crippen molar-refractivity contribution in [3.63, 3.8) is 0 Å². The molecule has 0 fully saturated rings. The smallest absolute Gasteiger partial charge is 0.416 e. The number of rotatable bonds is 1. The average molecular weight is 304 g/mol. The Morgan fingerprint density at radius 3 is 2.50 bits per heavy atom. The van der Waals surface area contributed by atoms with Crippen LogP contribution in [0.2, 0.25) is 0 Å². The highest BCUT2D eigenvalue weighted by Crippen LogP contribution is 2.34. The molecule has 0 radical (unpaired) electrons. The molecule has 1 N–H and O–H groups in total. The number of phenolic OH excluding ortho intramolecular Hbond substituents is 1. The normalized spacial score (nSPS) is 16.1. The van der Waals surface area contributed by atoms with Crippen LogP contribution in [0.4, 0.5) is 13.2 Å². The van der Waals surface area contributed by atoms with Gasteiger partial charge in [-0.3, -0.25) is 4.79 Å². The minimum atomic E-state index is -4.42. The molecule has 22 heavy (non-hydrogen) atoms. The number of hydrogen-bond acceptors (Lipinski definition) is 2. The molecule has 0 amide bonds. The van der Waals surface area contributed by atoms with E-state index in [0.717, 1.165) is 12.1 Å². The second-order valence-corrected chi connectivity index (χ2v) is 5.10. The lowest BCUT2D eigenvalue weighted by Crippen LogP contribution is -2.04. The maximum atomic E-state index is 12.7. The first-order valence-electron chi connectivity index (χ1n) is 6.59. The molecule has 0 saturated heterocycles. The largest absolute Gasteiger partial charge is 0.508 e. The van der Waals surface area contributed by atoms with Gasteiger partial charge in [-0.2, -0.15) is 13.2 Å². The number of alkyl halides is 3. The Morgan fingerprint density at radius 2 is 1.82 bits per heavy atom. The number of ketones is 1. The Bertz CT molecular complexity index is 789. The van der Waals surface area contributed by atoms with Gasteiger partial charge in [0.2, 0.25) is 0 Å². The van der Waals surface area contributed by atoms with Gasteiger partial charge in [-0.1, -0.05) is 24.3 Å². The van der Waals surface area contributed by atoms with Gasteiger partial charge in [0.1, 0.15) is 5.75 Å². The zero-order valence-electron chi connectivity index (χ0n) is 11.3. The van der Waals surface area contributed by atoms with E-state index in [0.29, 0.717) is 22.3 Å². The summed E-state index contributed by atoms with van der Waals surface area (Å²) in [4.78, 5) is 12.2. The molecule has 0 bridgehead atoms. The third kappa shape index (κ3) is 2.50. The van der Waals surface area contributed by atoms with E-state index in [-0.39, 0.29) is 18.0 Å². The van der Waals surface area contributed by atoms with Crippen LogP contribution in [-0.2, 0) is 12.6 Å². The minimum Gasteiger partial charge on any atom is -0.508 e. The van der Waals surface area contributed by atoms with Gasteiger partial charge in [0.15, 0.2) is 5.78 Å². The zero-order chi connectivity index (χ0) is 15.9. The standard InChI is InChI=1S/C17H11F3O2/c18-17(19,20)12-4-1-3-10(8-12)7-11-9-14-13(16(11)22)5-2-6-15(14)21/h1-8,21H,9H2/b11-7+. The van der Waals surface area contributed by atoms with Gasteiger partial charge in [0.05, 0.1) is 5.56 Å². The number of halogens is 3. The van der Waals surface area contributed by atoms with E-state index >= 15 is 0 Å². The lowest BCUT2D eigenvalue weighted by atomic mass is 10.1. The number of Topliss-reactive ketones (excluding diaryl/α,β-unsaturated/α-hetero) is 1. The first kappa shape index (κ1) is 14.4. The number of fused-ring (bicyclic) bond motifs is 1. The van der Waals surface area contributed by atoms with Crippen molar-refractivity contribution in [1.82, 2.24) is 0 Å². The number of aromatic hydroxyl groups is 1. The van der Waals surface area contributed by atoms with E-state index in [4.69, 9.17) is 0 Å². The summed E-state index contributed by atoms with van der Waals surface area (Å²) in [5.41, 5.74) is 0.845. The van der Waals surface area contributed by atoms with Crippen LogP contribution >= 0.6 is 0 Å². The molecule has 3 rings (SSSR count). The van der Waals surface area contributed by atoms with Gasteiger partial charge in [-0.25, -0.2) is 0 Å². The first-order valence-corrected chi connectivity index (χ1v) is 6.59. The van der Waals surface area contributed by atoms with Crippen LogP contribution in [0.5, 0.6) is 5.75 Å². The van der Waals surface area contributed by atoms with Gasteiger partial charge < -0.3 is 5.11 Å². The summed E-state index contributed by atoms with van der Waals surface area (Å²) in [7, 11) is 0. The Kier molecular flexibility index (Phi) is 3.28. The zero-order valence-corrected chi connectivity index (χ0v) is 11.3. The van der Waals surface area contributed by atoms with Crippen LogP contribution in [-0.4, -0.2) is 10.9 Å². The van der Waals surface area contributed by atoms with Crippen molar-refractivity contribution in [2.75, 3.05) is 0 Å². The number of hydrogen-bond donors (Lipinski definition) is 1.